The van der Waals surface area contributed by atoms with Crippen molar-refractivity contribution in [3.63, 3.8) is 0 Å². The molecule has 4 nitrogen and oxygen atoms in total. The minimum absolute atomic E-state index is 0.120. The monoisotopic (exact) mass is 303 g/mol. The number of rotatable bonds is 2. The summed E-state index contributed by atoms with van der Waals surface area (Å²) in [6.45, 7) is 6.28. The van der Waals surface area contributed by atoms with Gasteiger partial charge in [0.25, 0.3) is 0 Å². The van der Waals surface area contributed by atoms with Crippen molar-refractivity contribution < 1.29 is 13.2 Å². The second-order valence-corrected chi connectivity index (χ2v) is 7.64. The van der Waals surface area contributed by atoms with Crippen LogP contribution in [0.5, 0.6) is 0 Å². The average molecular weight is 304 g/mol. The van der Waals surface area contributed by atoms with Gasteiger partial charge in [-0.3, -0.25) is 0 Å². The lowest BCUT2D eigenvalue weighted by atomic mass is 10.1. The van der Waals surface area contributed by atoms with Gasteiger partial charge in [-0.1, -0.05) is 23.7 Å². The van der Waals surface area contributed by atoms with Crippen LogP contribution >= 0.6 is 11.6 Å². The topological polar surface area (TPSA) is 46.6 Å². The first-order chi connectivity index (χ1) is 8.75. The van der Waals surface area contributed by atoms with Crippen molar-refractivity contribution in [1.29, 1.82) is 0 Å². The predicted molar refractivity (Wildman–Crippen MR) is 74.8 cm³/mol. The smallest absolute Gasteiger partial charge is 0.245 e. The third-order valence-corrected chi connectivity index (χ3v) is 5.80. The van der Waals surface area contributed by atoms with Crippen LogP contribution in [0.4, 0.5) is 0 Å². The Kier molecular flexibility index (Phi) is 3.93. The molecule has 2 rings (SSSR count). The molecule has 19 heavy (non-hydrogen) atoms. The largest absolute Gasteiger partial charge is 0.375 e. The van der Waals surface area contributed by atoms with Gasteiger partial charge in [-0.25, -0.2) is 8.42 Å². The Labute approximate surface area is 119 Å². The summed E-state index contributed by atoms with van der Waals surface area (Å²) in [7, 11) is -3.61. The molecule has 0 aliphatic carbocycles. The van der Waals surface area contributed by atoms with Crippen LogP contribution in [-0.2, 0) is 14.8 Å². The SMILES string of the molecule is C[C@H]1CN(S(=O)(=O)c2ccccc2Cl)C(C)(C)CO1. The Balaban J connectivity index is 2.47. The van der Waals surface area contributed by atoms with Crippen molar-refractivity contribution in [3.05, 3.63) is 29.3 Å². The fourth-order valence-electron chi connectivity index (χ4n) is 2.15. The normalized spacial score (nSPS) is 24.3. The van der Waals surface area contributed by atoms with E-state index >= 15 is 0 Å². The lowest BCUT2D eigenvalue weighted by Gasteiger charge is -2.43. The maximum absolute atomic E-state index is 12.8. The molecule has 1 fully saturated rings. The zero-order chi connectivity index (χ0) is 14.3. The summed E-state index contributed by atoms with van der Waals surface area (Å²) in [6.07, 6.45) is -0.120. The quantitative estimate of drug-likeness (QED) is 0.843. The summed E-state index contributed by atoms with van der Waals surface area (Å²) in [5, 5.41) is 0.248. The molecule has 1 aromatic rings. The van der Waals surface area contributed by atoms with E-state index in [-0.39, 0.29) is 16.0 Å². The van der Waals surface area contributed by atoms with E-state index in [0.717, 1.165) is 0 Å². The van der Waals surface area contributed by atoms with Crippen LogP contribution in [0.2, 0.25) is 5.02 Å². The molecule has 0 saturated carbocycles. The Bertz CT molecular complexity index is 571. The number of hydrogen-bond acceptors (Lipinski definition) is 3. The first kappa shape index (κ1) is 14.8. The number of hydrogen-bond donors (Lipinski definition) is 0. The molecule has 0 amide bonds. The van der Waals surface area contributed by atoms with E-state index in [0.29, 0.717) is 13.2 Å². The molecule has 0 spiro atoms. The molecular weight excluding hydrogens is 286 g/mol. The molecule has 0 unspecified atom stereocenters. The van der Waals surface area contributed by atoms with Crippen LogP contribution in [0.15, 0.2) is 29.2 Å². The van der Waals surface area contributed by atoms with Crippen LogP contribution in [-0.4, -0.2) is 37.5 Å². The lowest BCUT2D eigenvalue weighted by Crippen LogP contribution is -2.57. The molecule has 1 atom stereocenters. The lowest BCUT2D eigenvalue weighted by molar-refractivity contribution is -0.0551. The molecule has 0 aromatic heterocycles. The van der Waals surface area contributed by atoms with Gasteiger partial charge in [0.2, 0.25) is 10.0 Å². The minimum atomic E-state index is -3.61. The summed E-state index contributed by atoms with van der Waals surface area (Å²) < 4.78 is 32.5. The zero-order valence-corrected chi connectivity index (χ0v) is 12.8. The molecule has 0 radical (unpaired) electrons. The fourth-order valence-corrected chi connectivity index (χ4v) is 4.49. The second kappa shape index (κ2) is 5.05. The van der Waals surface area contributed by atoms with Crippen molar-refractivity contribution in [1.82, 2.24) is 4.31 Å². The molecule has 6 heteroatoms. The standard InChI is InChI=1S/C13H18ClNO3S/c1-10-8-15(13(2,3)9-18-10)19(16,17)12-7-5-4-6-11(12)14/h4-7,10H,8-9H2,1-3H3/t10-/m0/s1. The van der Waals surface area contributed by atoms with Crippen molar-refractivity contribution in [3.8, 4) is 0 Å². The summed E-state index contributed by atoms with van der Waals surface area (Å²) >= 11 is 6.02. The van der Waals surface area contributed by atoms with Gasteiger partial charge in [0.05, 0.1) is 23.3 Å². The maximum atomic E-state index is 12.8. The van der Waals surface area contributed by atoms with Gasteiger partial charge >= 0.3 is 0 Å². The Morgan fingerprint density at radius 1 is 1.37 bits per heavy atom. The first-order valence-corrected chi connectivity index (χ1v) is 7.96. The van der Waals surface area contributed by atoms with Crippen LogP contribution in [0.1, 0.15) is 20.8 Å². The number of nitrogens with zero attached hydrogens (tertiary/aromatic N) is 1. The van der Waals surface area contributed by atoms with Crippen molar-refractivity contribution in [2.75, 3.05) is 13.2 Å². The van der Waals surface area contributed by atoms with Crippen LogP contribution < -0.4 is 0 Å². The summed E-state index contributed by atoms with van der Waals surface area (Å²) in [4.78, 5) is 0.152. The van der Waals surface area contributed by atoms with E-state index in [9.17, 15) is 8.42 Å². The molecular formula is C13H18ClNO3S. The van der Waals surface area contributed by atoms with E-state index in [1.807, 2.05) is 20.8 Å². The van der Waals surface area contributed by atoms with E-state index in [1.54, 1.807) is 18.2 Å². The van der Waals surface area contributed by atoms with Crippen molar-refractivity contribution in [2.24, 2.45) is 0 Å². The number of halogens is 1. The molecule has 1 aromatic carbocycles. The molecule has 1 aliphatic rings. The van der Waals surface area contributed by atoms with Gasteiger partial charge in [0.15, 0.2) is 0 Å². The zero-order valence-electron chi connectivity index (χ0n) is 11.3. The maximum Gasteiger partial charge on any atom is 0.245 e. The Morgan fingerprint density at radius 3 is 2.63 bits per heavy atom. The van der Waals surface area contributed by atoms with E-state index in [2.05, 4.69) is 0 Å². The highest BCUT2D eigenvalue weighted by molar-refractivity contribution is 7.89. The molecule has 106 valence electrons. The fraction of sp³-hybridized carbons (Fsp3) is 0.538. The van der Waals surface area contributed by atoms with Gasteiger partial charge < -0.3 is 4.74 Å². The summed E-state index contributed by atoms with van der Waals surface area (Å²) in [5.41, 5.74) is -0.579. The van der Waals surface area contributed by atoms with Crippen molar-refractivity contribution >= 4 is 21.6 Å². The van der Waals surface area contributed by atoms with E-state index in [4.69, 9.17) is 16.3 Å². The third kappa shape index (κ3) is 2.79. The van der Waals surface area contributed by atoms with Crippen LogP contribution in [0.25, 0.3) is 0 Å². The van der Waals surface area contributed by atoms with Crippen LogP contribution in [0.3, 0.4) is 0 Å². The van der Waals surface area contributed by atoms with Gasteiger partial charge in [-0.15, -0.1) is 0 Å². The molecule has 1 heterocycles. The number of sulfonamides is 1. The number of ether oxygens (including phenoxy) is 1. The van der Waals surface area contributed by atoms with Gasteiger partial charge in [-0.05, 0) is 32.9 Å². The molecule has 0 bridgehead atoms. The van der Waals surface area contributed by atoms with Gasteiger partial charge in [0.1, 0.15) is 4.90 Å². The highest BCUT2D eigenvalue weighted by Gasteiger charge is 2.42. The van der Waals surface area contributed by atoms with E-state index < -0.39 is 15.6 Å². The molecule has 1 aliphatic heterocycles. The minimum Gasteiger partial charge on any atom is -0.375 e. The number of morpholine rings is 1. The average Bonchev–Trinajstić information content (AvgIpc) is 2.32. The van der Waals surface area contributed by atoms with Crippen molar-refractivity contribution in [2.45, 2.75) is 37.3 Å². The summed E-state index contributed by atoms with van der Waals surface area (Å²) in [6, 6.07) is 6.52. The first-order valence-electron chi connectivity index (χ1n) is 6.14. The van der Waals surface area contributed by atoms with Crippen LogP contribution in [0, 0.1) is 0 Å². The second-order valence-electron chi connectivity index (χ2n) is 5.40. The number of benzene rings is 1. The highest BCUT2D eigenvalue weighted by Crippen LogP contribution is 2.32. The van der Waals surface area contributed by atoms with Gasteiger partial charge in [0, 0.05) is 6.54 Å². The molecule has 1 saturated heterocycles. The Hall–Kier alpha value is -0.620. The predicted octanol–water partition coefficient (Wildman–Crippen LogP) is 2.53. The van der Waals surface area contributed by atoms with E-state index in [1.165, 1.54) is 10.4 Å². The third-order valence-electron chi connectivity index (χ3n) is 3.22. The highest BCUT2D eigenvalue weighted by atomic mass is 35.5. The molecule has 0 N–H and O–H groups in total. The van der Waals surface area contributed by atoms with Gasteiger partial charge in [-0.2, -0.15) is 4.31 Å². The Morgan fingerprint density at radius 2 is 2.00 bits per heavy atom. The summed E-state index contributed by atoms with van der Waals surface area (Å²) in [5.74, 6) is 0.